The molecule has 2 nitrogen and oxygen atoms in total. The first kappa shape index (κ1) is 8.67. The molecule has 0 aromatic heterocycles. The van der Waals surface area contributed by atoms with E-state index < -0.39 is 15.8 Å². The fourth-order valence-corrected chi connectivity index (χ4v) is 0.534. The minimum Gasteiger partial charge on any atom is -0.305 e. The van der Waals surface area contributed by atoms with Crippen LogP contribution in [0.1, 0.15) is 20.8 Å². The van der Waals surface area contributed by atoms with Gasteiger partial charge in [0.15, 0.2) is 11.1 Å². The van der Waals surface area contributed by atoms with E-state index in [1.807, 2.05) is 0 Å². The summed E-state index contributed by atoms with van der Waals surface area (Å²) >= 11 is -1.85. The van der Waals surface area contributed by atoms with Crippen molar-refractivity contribution >= 4 is 11.1 Å². The third kappa shape index (κ3) is 2.64. The van der Waals surface area contributed by atoms with Crippen LogP contribution >= 0.6 is 0 Å². The minimum absolute atomic E-state index is 0.783. The zero-order valence-electron chi connectivity index (χ0n) is 5.76. The molecule has 0 aliphatic carbocycles. The van der Waals surface area contributed by atoms with Crippen LogP contribution in [0.25, 0.3) is 0 Å². The Morgan fingerprint density at radius 1 is 1.56 bits per heavy atom. The summed E-state index contributed by atoms with van der Waals surface area (Å²) in [5.41, 5.74) is 0. The summed E-state index contributed by atoms with van der Waals surface area (Å²) in [4.78, 5) is 0. The summed E-state index contributed by atoms with van der Waals surface area (Å²) in [5.74, 6) is 5.21. The Bertz CT molecular complexity index is 173. The highest BCUT2D eigenvalue weighted by molar-refractivity contribution is 7.81. The highest BCUT2D eigenvalue weighted by atomic mass is 32.2. The summed E-state index contributed by atoms with van der Waals surface area (Å²) in [6.45, 7) is 4.90. The summed E-state index contributed by atoms with van der Waals surface area (Å²) < 4.78 is 18.2. The molecule has 1 unspecified atom stereocenters. The normalized spacial score (nSPS) is 13.8. The second kappa shape index (κ2) is 3.00. The zero-order chi connectivity index (χ0) is 7.49. The van der Waals surface area contributed by atoms with Crippen LogP contribution in [0, 0.1) is 11.8 Å². The zero-order valence-corrected chi connectivity index (χ0v) is 6.58. The van der Waals surface area contributed by atoms with Gasteiger partial charge in [0.2, 0.25) is 0 Å². The van der Waals surface area contributed by atoms with Crippen molar-refractivity contribution in [3.63, 3.8) is 0 Å². The lowest BCUT2D eigenvalue weighted by atomic mass is 10.2. The van der Waals surface area contributed by atoms with E-state index in [0.717, 1.165) is 0 Å². The summed E-state index contributed by atoms with van der Waals surface area (Å²) in [7, 11) is 0. The molecular formula is C6H10O2S. The highest BCUT2D eigenvalue weighted by Gasteiger charge is 2.20. The van der Waals surface area contributed by atoms with Crippen LogP contribution in [0.15, 0.2) is 0 Å². The van der Waals surface area contributed by atoms with Gasteiger partial charge in [-0.15, -0.1) is 5.92 Å². The summed E-state index contributed by atoms with van der Waals surface area (Å²) in [5, 5.41) is 0. The predicted molar refractivity (Wildman–Crippen MR) is 38.3 cm³/mol. The first-order valence-electron chi connectivity index (χ1n) is 2.55. The molecule has 0 rings (SSSR count). The lowest BCUT2D eigenvalue weighted by molar-refractivity contribution is 0.542. The van der Waals surface area contributed by atoms with Crippen LogP contribution in [0.3, 0.4) is 0 Å². The van der Waals surface area contributed by atoms with E-state index in [4.69, 9.17) is 4.55 Å². The van der Waals surface area contributed by atoms with Gasteiger partial charge in [-0.05, 0) is 20.8 Å². The van der Waals surface area contributed by atoms with Crippen molar-refractivity contribution in [2.75, 3.05) is 0 Å². The third-order valence-electron chi connectivity index (χ3n) is 0.863. The van der Waals surface area contributed by atoms with Crippen molar-refractivity contribution in [1.82, 2.24) is 0 Å². The smallest absolute Gasteiger partial charge is 0.171 e. The van der Waals surface area contributed by atoms with Crippen molar-refractivity contribution in [3.05, 3.63) is 0 Å². The van der Waals surface area contributed by atoms with Gasteiger partial charge < -0.3 is 4.55 Å². The van der Waals surface area contributed by atoms with Gasteiger partial charge in [0.25, 0.3) is 0 Å². The molecule has 3 heteroatoms. The second-order valence-electron chi connectivity index (χ2n) is 2.13. The fraction of sp³-hybridized carbons (Fsp3) is 0.667. The average Bonchev–Trinajstić information content (AvgIpc) is 1.65. The largest absolute Gasteiger partial charge is 0.305 e. The fourth-order valence-electron chi connectivity index (χ4n) is 0.345. The standard InChI is InChI=1S/C6H10O2S/c1-4-5-6(2,3)9(7)8/h1-3H3,(H,7,8). The lowest BCUT2D eigenvalue weighted by Gasteiger charge is -2.09. The lowest BCUT2D eigenvalue weighted by Crippen LogP contribution is -2.23. The topological polar surface area (TPSA) is 37.3 Å². The maximum Gasteiger partial charge on any atom is 0.171 e. The molecule has 0 fully saturated rings. The van der Waals surface area contributed by atoms with E-state index in [1.165, 1.54) is 0 Å². The van der Waals surface area contributed by atoms with Crippen molar-refractivity contribution in [1.29, 1.82) is 0 Å². The molecule has 0 aromatic carbocycles. The summed E-state index contributed by atoms with van der Waals surface area (Å²) in [6, 6.07) is 0. The van der Waals surface area contributed by atoms with E-state index in [9.17, 15) is 4.21 Å². The Labute approximate surface area is 57.9 Å². The molecule has 0 bridgehead atoms. The van der Waals surface area contributed by atoms with E-state index in [2.05, 4.69) is 11.8 Å². The van der Waals surface area contributed by atoms with Gasteiger partial charge in [0.1, 0.15) is 4.75 Å². The predicted octanol–water partition coefficient (Wildman–Crippen LogP) is 1.01. The van der Waals surface area contributed by atoms with E-state index >= 15 is 0 Å². The molecule has 9 heavy (non-hydrogen) atoms. The Kier molecular flexibility index (Phi) is 2.89. The molecule has 0 aliphatic heterocycles. The SMILES string of the molecule is CC#CC(C)(C)S(=O)O. The van der Waals surface area contributed by atoms with Gasteiger partial charge in [0, 0.05) is 0 Å². The van der Waals surface area contributed by atoms with Gasteiger partial charge in [0.05, 0.1) is 0 Å². The van der Waals surface area contributed by atoms with E-state index in [1.54, 1.807) is 20.8 Å². The van der Waals surface area contributed by atoms with Crippen molar-refractivity contribution in [3.8, 4) is 11.8 Å². The average molecular weight is 146 g/mol. The van der Waals surface area contributed by atoms with Crippen LogP contribution in [0.4, 0.5) is 0 Å². The Balaban J connectivity index is 4.32. The van der Waals surface area contributed by atoms with Crippen molar-refractivity contribution in [2.45, 2.75) is 25.5 Å². The molecule has 52 valence electrons. The highest BCUT2D eigenvalue weighted by Crippen LogP contribution is 2.07. The molecule has 0 amide bonds. The first-order valence-corrected chi connectivity index (χ1v) is 3.66. The van der Waals surface area contributed by atoms with Crippen LogP contribution in [-0.4, -0.2) is 13.5 Å². The van der Waals surface area contributed by atoms with E-state index in [-0.39, 0.29) is 0 Å². The van der Waals surface area contributed by atoms with Gasteiger partial charge in [-0.25, -0.2) is 4.21 Å². The first-order chi connectivity index (χ1) is 4.00. The number of hydrogen-bond donors (Lipinski definition) is 1. The molecule has 1 atom stereocenters. The molecule has 0 radical (unpaired) electrons. The maximum atomic E-state index is 10.4. The third-order valence-corrected chi connectivity index (χ3v) is 1.84. The van der Waals surface area contributed by atoms with E-state index in [0.29, 0.717) is 0 Å². The summed E-state index contributed by atoms with van der Waals surface area (Å²) in [6.07, 6.45) is 0. The minimum atomic E-state index is -1.85. The Morgan fingerprint density at radius 2 is 2.00 bits per heavy atom. The number of rotatable bonds is 1. The van der Waals surface area contributed by atoms with Crippen LogP contribution in [0.2, 0.25) is 0 Å². The maximum absolute atomic E-state index is 10.4. The monoisotopic (exact) mass is 146 g/mol. The van der Waals surface area contributed by atoms with Crippen LogP contribution < -0.4 is 0 Å². The van der Waals surface area contributed by atoms with Gasteiger partial charge in [-0.2, -0.15) is 0 Å². The molecule has 0 aromatic rings. The molecular weight excluding hydrogens is 136 g/mol. The quantitative estimate of drug-likeness (QED) is 0.443. The molecule has 0 aliphatic rings. The molecule has 0 spiro atoms. The van der Waals surface area contributed by atoms with Crippen LogP contribution in [-0.2, 0) is 11.1 Å². The Hall–Kier alpha value is -0.330. The molecule has 0 heterocycles. The molecule has 0 saturated heterocycles. The van der Waals surface area contributed by atoms with Gasteiger partial charge in [-0.1, -0.05) is 5.92 Å². The van der Waals surface area contributed by atoms with Crippen LogP contribution in [0.5, 0.6) is 0 Å². The Morgan fingerprint density at radius 3 is 2.11 bits per heavy atom. The van der Waals surface area contributed by atoms with Gasteiger partial charge in [-0.3, -0.25) is 0 Å². The van der Waals surface area contributed by atoms with Crippen molar-refractivity contribution < 1.29 is 8.76 Å². The van der Waals surface area contributed by atoms with Crippen molar-refractivity contribution in [2.24, 2.45) is 0 Å². The van der Waals surface area contributed by atoms with Gasteiger partial charge >= 0.3 is 0 Å². The number of hydrogen-bond acceptors (Lipinski definition) is 1. The molecule has 0 saturated carbocycles. The molecule has 1 N–H and O–H groups in total. The second-order valence-corrected chi connectivity index (χ2v) is 3.65.